The van der Waals surface area contributed by atoms with E-state index in [1.54, 1.807) is 4.68 Å². The predicted octanol–water partition coefficient (Wildman–Crippen LogP) is 3.07. The van der Waals surface area contributed by atoms with Crippen LogP contribution in [0.15, 0.2) is 48.5 Å². The minimum Gasteiger partial charge on any atom is -0.378 e. The lowest BCUT2D eigenvalue weighted by molar-refractivity contribution is 0.121. The summed E-state index contributed by atoms with van der Waals surface area (Å²) in [5.41, 5.74) is 5.47. The number of anilines is 6. The third-order valence-corrected chi connectivity index (χ3v) is 8.21. The van der Waals surface area contributed by atoms with Crippen molar-refractivity contribution < 1.29 is 14.3 Å². The molecule has 1 atom stereocenters. The van der Waals surface area contributed by atoms with Crippen LogP contribution in [0, 0.1) is 6.92 Å². The van der Waals surface area contributed by atoms with Gasteiger partial charge in [0.25, 0.3) is 0 Å². The topological polar surface area (TPSA) is 138 Å². The molecule has 2 fully saturated rings. The van der Waals surface area contributed by atoms with Crippen LogP contribution in [-0.4, -0.2) is 97.5 Å². The van der Waals surface area contributed by atoms with Crippen molar-refractivity contribution in [1.29, 1.82) is 0 Å². The summed E-state index contributed by atoms with van der Waals surface area (Å²) in [7, 11) is 4.01. The number of benzene rings is 2. The van der Waals surface area contributed by atoms with Crippen molar-refractivity contribution >= 4 is 41.1 Å². The lowest BCUT2D eigenvalue weighted by Gasteiger charge is -2.30. The van der Waals surface area contributed by atoms with Gasteiger partial charge < -0.3 is 34.8 Å². The van der Waals surface area contributed by atoms with E-state index < -0.39 is 0 Å². The second kappa shape index (κ2) is 12.2. The number of aryl methyl sites for hydroxylation is 1. The molecule has 3 aliphatic heterocycles. The van der Waals surface area contributed by atoms with Gasteiger partial charge in [0.2, 0.25) is 17.8 Å². The summed E-state index contributed by atoms with van der Waals surface area (Å²) in [6.07, 6.45) is 0. The highest BCUT2D eigenvalue weighted by atomic mass is 16.5. The molecule has 14 heteroatoms. The van der Waals surface area contributed by atoms with Crippen molar-refractivity contribution in [3.63, 3.8) is 0 Å². The van der Waals surface area contributed by atoms with Gasteiger partial charge in [-0.3, -0.25) is 5.32 Å². The Labute approximate surface area is 261 Å². The Morgan fingerprint density at radius 1 is 0.844 bits per heavy atom. The van der Waals surface area contributed by atoms with Crippen LogP contribution in [0.4, 0.5) is 39.8 Å². The first kappa shape index (κ1) is 28.8. The van der Waals surface area contributed by atoms with Gasteiger partial charge in [0.05, 0.1) is 43.9 Å². The van der Waals surface area contributed by atoms with Crippen LogP contribution in [-0.2, 0) is 9.47 Å². The van der Waals surface area contributed by atoms with E-state index in [0.717, 1.165) is 60.1 Å². The number of hydrogen-bond donors (Lipinski definition) is 3. The average Bonchev–Trinajstić information content (AvgIpc) is 3.41. The van der Waals surface area contributed by atoms with Gasteiger partial charge in [-0.1, -0.05) is 12.1 Å². The zero-order chi connectivity index (χ0) is 30.9. The van der Waals surface area contributed by atoms with Crippen LogP contribution < -0.4 is 30.7 Å². The van der Waals surface area contributed by atoms with Crippen molar-refractivity contribution in [3.05, 3.63) is 65.4 Å². The molecule has 3 N–H and O–H groups in total. The van der Waals surface area contributed by atoms with Crippen LogP contribution >= 0.6 is 0 Å². The second-order valence-corrected chi connectivity index (χ2v) is 11.4. The van der Waals surface area contributed by atoms with Crippen molar-refractivity contribution in [2.45, 2.75) is 13.0 Å². The van der Waals surface area contributed by atoms with E-state index in [-0.39, 0.29) is 12.1 Å². The molecule has 2 aromatic carbocycles. The second-order valence-electron chi connectivity index (χ2n) is 11.4. The van der Waals surface area contributed by atoms with E-state index in [2.05, 4.69) is 37.9 Å². The van der Waals surface area contributed by atoms with Crippen molar-refractivity contribution in [1.82, 2.24) is 30.0 Å². The number of morpholine rings is 2. The van der Waals surface area contributed by atoms with E-state index >= 15 is 0 Å². The number of carbonyl (C=O) groups is 1. The third-order valence-electron chi connectivity index (χ3n) is 8.21. The van der Waals surface area contributed by atoms with E-state index in [4.69, 9.17) is 29.5 Å². The monoisotopic (exact) mass is 611 g/mol. The van der Waals surface area contributed by atoms with Gasteiger partial charge in [0.1, 0.15) is 5.82 Å². The number of ether oxygens (including phenoxy) is 2. The fraction of sp³-hybridized carbons (Fsp3) is 0.387. The number of fused-ring (bicyclic) bond motifs is 1. The molecule has 2 amide bonds. The Balaban J connectivity index is 1.15. The lowest BCUT2D eigenvalue weighted by Crippen LogP contribution is -2.40. The number of amides is 2. The van der Waals surface area contributed by atoms with Crippen LogP contribution in [0.25, 0.3) is 5.69 Å². The minimum absolute atomic E-state index is 0.273. The molecule has 0 bridgehead atoms. The molecule has 3 aliphatic rings. The zero-order valence-corrected chi connectivity index (χ0v) is 25.7. The molecule has 234 valence electrons. The van der Waals surface area contributed by atoms with E-state index in [9.17, 15) is 4.79 Å². The molecule has 7 rings (SSSR count). The maximum atomic E-state index is 12.8. The molecule has 2 aromatic heterocycles. The molecule has 45 heavy (non-hydrogen) atoms. The van der Waals surface area contributed by atoms with Gasteiger partial charge in [-0.15, -0.1) is 0 Å². The molecule has 14 nitrogen and oxygen atoms in total. The number of nitrogens with one attached hydrogen (secondary N) is 3. The number of nitrogens with zero attached hydrogens (tertiary/aromatic N) is 8. The maximum Gasteiger partial charge on any atom is 0.321 e. The number of carbonyl (C=O) groups excluding carboxylic acids is 1. The van der Waals surface area contributed by atoms with Crippen LogP contribution in [0.3, 0.4) is 0 Å². The SMILES string of the molecule is Cc1nn(-c2ccc(Nc3nc(N4CCOCC4)nc(N4CCOCC4)n3)cc2)c2c1C(c1ccc(N(C)C)cc1)NC(=O)N2. The van der Waals surface area contributed by atoms with Gasteiger partial charge in [0.15, 0.2) is 0 Å². The van der Waals surface area contributed by atoms with Crippen LogP contribution in [0.1, 0.15) is 22.9 Å². The fourth-order valence-corrected chi connectivity index (χ4v) is 5.79. The molecule has 1 unspecified atom stereocenters. The summed E-state index contributed by atoms with van der Waals surface area (Å²) in [6, 6.07) is 15.4. The molecular weight excluding hydrogens is 574 g/mol. The van der Waals surface area contributed by atoms with E-state index in [1.807, 2.05) is 62.3 Å². The fourth-order valence-electron chi connectivity index (χ4n) is 5.79. The molecule has 2 saturated heterocycles. The zero-order valence-electron chi connectivity index (χ0n) is 25.7. The number of aromatic nitrogens is 5. The van der Waals surface area contributed by atoms with Crippen molar-refractivity contribution in [2.75, 3.05) is 92.0 Å². The first-order valence-electron chi connectivity index (χ1n) is 15.2. The van der Waals surface area contributed by atoms with Gasteiger partial charge in [-0.2, -0.15) is 20.1 Å². The predicted molar refractivity (Wildman–Crippen MR) is 172 cm³/mol. The van der Waals surface area contributed by atoms with E-state index in [0.29, 0.717) is 50.1 Å². The highest BCUT2D eigenvalue weighted by Crippen LogP contribution is 2.36. The Bertz CT molecular complexity index is 1630. The van der Waals surface area contributed by atoms with Crippen LogP contribution in [0.5, 0.6) is 0 Å². The van der Waals surface area contributed by atoms with Gasteiger partial charge in [0, 0.05) is 57.2 Å². The molecule has 0 radical (unpaired) electrons. The molecule has 0 saturated carbocycles. The standard InChI is InChI=1S/C31H37N11O3/c1-20-25-26(21-4-8-23(9-5-21)39(2)3)33-31(43)34-27(25)42(38-20)24-10-6-22(7-11-24)32-28-35-29(40-12-16-44-17-13-40)37-30(36-28)41-14-18-45-19-15-41/h4-11,26H,12-19H2,1-3H3,(H2,33,34,43)(H,32,35,36,37). The molecule has 4 aromatic rings. The quantitative estimate of drug-likeness (QED) is 0.284. The summed E-state index contributed by atoms with van der Waals surface area (Å²) < 4.78 is 12.8. The third kappa shape index (κ3) is 5.93. The summed E-state index contributed by atoms with van der Waals surface area (Å²) >= 11 is 0. The highest BCUT2D eigenvalue weighted by Gasteiger charge is 2.32. The summed E-state index contributed by atoms with van der Waals surface area (Å²) in [6.45, 7) is 7.42. The van der Waals surface area contributed by atoms with Gasteiger partial charge in [-0.05, 0) is 48.9 Å². The average molecular weight is 612 g/mol. The molecule has 0 aliphatic carbocycles. The van der Waals surface area contributed by atoms with E-state index in [1.165, 1.54) is 0 Å². The summed E-state index contributed by atoms with van der Waals surface area (Å²) in [4.78, 5) is 33.4. The largest absolute Gasteiger partial charge is 0.378 e. The Morgan fingerprint density at radius 2 is 1.44 bits per heavy atom. The Kier molecular flexibility index (Phi) is 7.81. The lowest BCUT2D eigenvalue weighted by atomic mass is 9.97. The first-order chi connectivity index (χ1) is 21.9. The van der Waals surface area contributed by atoms with Crippen molar-refractivity contribution in [3.8, 4) is 5.69 Å². The van der Waals surface area contributed by atoms with Gasteiger partial charge >= 0.3 is 6.03 Å². The smallest absolute Gasteiger partial charge is 0.321 e. The minimum atomic E-state index is -0.315. The Hall–Kier alpha value is -4.95. The highest BCUT2D eigenvalue weighted by molar-refractivity contribution is 5.93. The van der Waals surface area contributed by atoms with Crippen LogP contribution in [0.2, 0.25) is 0 Å². The normalized spacial score (nSPS) is 18.2. The molecule has 0 spiro atoms. The first-order valence-corrected chi connectivity index (χ1v) is 15.2. The summed E-state index contributed by atoms with van der Waals surface area (Å²) in [5.74, 6) is 2.38. The van der Waals surface area contributed by atoms with Crippen molar-refractivity contribution in [2.24, 2.45) is 0 Å². The number of urea groups is 1. The molecular formula is C31H37N11O3. The Morgan fingerprint density at radius 3 is 2.02 bits per heavy atom. The number of rotatable bonds is 7. The van der Waals surface area contributed by atoms with Gasteiger partial charge in [-0.25, -0.2) is 9.48 Å². The number of hydrogen-bond acceptors (Lipinski definition) is 11. The molecule has 5 heterocycles. The maximum absolute atomic E-state index is 12.8. The summed E-state index contributed by atoms with van der Waals surface area (Å²) in [5, 5.41) is 14.2.